The molecule has 0 saturated carbocycles. The van der Waals surface area contributed by atoms with Crippen LogP contribution in [0, 0.1) is 0 Å². The van der Waals surface area contributed by atoms with Crippen LogP contribution >= 0.6 is 11.6 Å². The van der Waals surface area contributed by atoms with Gasteiger partial charge in [-0.15, -0.1) is 11.6 Å². The first kappa shape index (κ1) is 22.4. The Labute approximate surface area is 88.3 Å². The minimum atomic E-state index is -1.83. The van der Waals surface area contributed by atoms with Gasteiger partial charge in [-0.25, -0.2) is 4.79 Å². The largest absolute Gasteiger partial charge is 1.00 e. The Kier molecular flexibility index (Phi) is 50.9. The molecule has 0 heterocycles. The Morgan fingerprint density at radius 2 is 1.70 bits per heavy atom. The molecule has 0 amide bonds. The Morgan fingerprint density at radius 1 is 1.60 bits per heavy atom. The van der Waals surface area contributed by atoms with Gasteiger partial charge in [0.15, 0.2) is 0 Å². The van der Waals surface area contributed by atoms with E-state index in [-0.39, 0.29) is 36.5 Å². The second kappa shape index (κ2) is 22.7. The molecule has 0 unspecified atom stereocenters. The maximum atomic E-state index is 8.56. The molecular weight excluding hydrogens is 170 g/mol. The molecule has 0 rings (SSSR count). The van der Waals surface area contributed by atoms with E-state index in [0.29, 0.717) is 0 Å². The fraction of sp³-hybridized carbons (Fsp3) is 0.750. The van der Waals surface area contributed by atoms with Gasteiger partial charge in [0.05, 0.1) is 0 Å². The summed E-state index contributed by atoms with van der Waals surface area (Å²) in [4.78, 5) is 8.56. The van der Waals surface area contributed by atoms with Crippen molar-refractivity contribution >= 4 is 17.8 Å². The minimum absolute atomic E-state index is 0. The molecule has 0 aliphatic carbocycles. The third-order valence-electron chi connectivity index (χ3n) is 0.189. The molecule has 0 atom stereocenters. The van der Waals surface area contributed by atoms with Crippen molar-refractivity contribution in [2.24, 2.45) is 0 Å². The molecule has 0 spiro atoms. The third-order valence-corrected chi connectivity index (χ3v) is 0.567. The fourth-order valence-electron chi connectivity index (χ4n) is 0. The Bertz CT molecular complexity index is 60.1. The van der Waals surface area contributed by atoms with Crippen LogP contribution in [0.15, 0.2) is 0 Å². The zero-order valence-electron chi connectivity index (χ0n) is 7.09. The summed E-state index contributed by atoms with van der Waals surface area (Å²) in [7, 11) is 0. The second-order valence-corrected chi connectivity index (χ2v) is 1.35. The van der Waals surface area contributed by atoms with E-state index in [1.165, 1.54) is 0 Å². The van der Waals surface area contributed by atoms with Crippen LogP contribution in [0.25, 0.3) is 0 Å². The molecule has 0 bridgehead atoms. The summed E-state index contributed by atoms with van der Waals surface area (Å²) >= 11 is 5.19. The van der Waals surface area contributed by atoms with Crippen LogP contribution in [0.3, 0.4) is 0 Å². The summed E-state index contributed by atoms with van der Waals surface area (Å²) in [6, 6.07) is 0. The van der Waals surface area contributed by atoms with Gasteiger partial charge in [-0.05, 0) is 6.42 Å². The van der Waals surface area contributed by atoms with Crippen LogP contribution in [-0.2, 0) is 0 Å². The summed E-state index contributed by atoms with van der Waals surface area (Å²) in [6.45, 7) is 2.05. The molecule has 0 aromatic rings. The van der Waals surface area contributed by atoms with Gasteiger partial charge in [0.1, 0.15) is 0 Å². The Hall–Kier alpha value is 0.520. The predicted octanol–water partition coefficient (Wildman–Crippen LogP) is -1.85. The monoisotopic (exact) mass is 182 g/mol. The number of hydrogen-bond donors (Lipinski definition) is 2. The molecule has 4 nitrogen and oxygen atoms in total. The molecule has 0 aliphatic heterocycles. The zero-order chi connectivity index (χ0) is 6.99. The number of halogens is 1. The number of hydrogen-bond acceptors (Lipinski definition) is 1. The van der Waals surface area contributed by atoms with E-state index in [0.717, 1.165) is 12.3 Å². The van der Waals surface area contributed by atoms with E-state index >= 15 is 0 Å². The van der Waals surface area contributed by atoms with Crippen LogP contribution in [0.1, 0.15) is 14.8 Å². The van der Waals surface area contributed by atoms with Gasteiger partial charge < -0.3 is 17.1 Å². The second-order valence-electron chi connectivity index (χ2n) is 0.972. The van der Waals surface area contributed by atoms with Gasteiger partial charge >= 0.3 is 35.7 Å². The molecule has 0 aromatic carbocycles. The first-order valence-corrected chi connectivity index (χ1v) is 2.66. The first-order chi connectivity index (χ1) is 3.65. The first-order valence-electron chi connectivity index (χ1n) is 2.13. The van der Waals surface area contributed by atoms with Crippen molar-refractivity contribution in [1.82, 2.24) is 0 Å². The fourth-order valence-corrected chi connectivity index (χ4v) is 0. The summed E-state index contributed by atoms with van der Waals surface area (Å²) in [6.07, 6.45) is -0.748. The normalized spacial score (nSPS) is 5.40. The maximum Gasteiger partial charge on any atom is 1.00 e. The van der Waals surface area contributed by atoms with E-state index in [1.54, 1.807) is 0 Å². The number of carboxylic acid groups (broad SMARTS) is 2. The molecule has 0 aromatic heterocycles. The quantitative estimate of drug-likeness (QED) is 0.369. The average Bonchev–Trinajstić information content (AvgIpc) is 1.65. The van der Waals surface area contributed by atoms with Crippen molar-refractivity contribution < 1.29 is 51.5 Å². The standard InChI is InChI=1S/C3H7Cl.CH2O3.Na.H2O.H/c1-2-3-4;2-1(3)4;;;/h2-3H2,1H3;(H2,2,3,4);;1H2;/q;;+1;;-1. The molecule has 0 radical (unpaired) electrons. The summed E-state index contributed by atoms with van der Waals surface area (Å²) < 4.78 is 0. The molecule has 0 fully saturated rings. The third kappa shape index (κ3) is 209. The van der Waals surface area contributed by atoms with Crippen LogP contribution in [0.2, 0.25) is 0 Å². The molecule has 0 aliphatic rings. The molecule has 10 heavy (non-hydrogen) atoms. The van der Waals surface area contributed by atoms with Gasteiger partial charge in [-0.2, -0.15) is 0 Å². The van der Waals surface area contributed by atoms with Crippen LogP contribution in [0.4, 0.5) is 4.79 Å². The molecule has 60 valence electrons. The minimum Gasteiger partial charge on any atom is -1.00 e. The smallest absolute Gasteiger partial charge is 1.00 e. The Morgan fingerprint density at radius 3 is 1.70 bits per heavy atom. The SMILES string of the molecule is CCCCl.O.O=C(O)O.[H-].[Na+]. The zero-order valence-corrected chi connectivity index (χ0v) is 8.85. The van der Waals surface area contributed by atoms with E-state index in [4.69, 9.17) is 26.6 Å². The molecule has 4 N–H and O–H groups in total. The maximum absolute atomic E-state index is 8.56. The Balaban J connectivity index is -0.0000000171. The van der Waals surface area contributed by atoms with Crippen molar-refractivity contribution in [3.63, 3.8) is 0 Å². The van der Waals surface area contributed by atoms with Crippen molar-refractivity contribution in [3.8, 4) is 0 Å². The molecular formula is C4H12ClNaO4. The van der Waals surface area contributed by atoms with Crippen molar-refractivity contribution in [1.29, 1.82) is 0 Å². The molecule has 0 saturated heterocycles. The topological polar surface area (TPSA) is 89.0 Å². The predicted molar refractivity (Wildman–Crippen MR) is 36.4 cm³/mol. The van der Waals surface area contributed by atoms with Crippen molar-refractivity contribution in [2.45, 2.75) is 13.3 Å². The van der Waals surface area contributed by atoms with E-state index < -0.39 is 6.16 Å². The van der Waals surface area contributed by atoms with Gasteiger partial charge in [-0.3, -0.25) is 0 Å². The molecule has 6 heteroatoms. The van der Waals surface area contributed by atoms with E-state index in [2.05, 4.69) is 0 Å². The van der Waals surface area contributed by atoms with Gasteiger partial charge in [0.2, 0.25) is 0 Å². The van der Waals surface area contributed by atoms with Crippen LogP contribution in [-0.4, -0.2) is 27.7 Å². The van der Waals surface area contributed by atoms with Crippen LogP contribution < -0.4 is 29.6 Å². The number of carbonyl (C=O) groups is 1. The van der Waals surface area contributed by atoms with E-state index in [1.807, 2.05) is 6.92 Å². The summed E-state index contributed by atoms with van der Waals surface area (Å²) in [5.74, 6) is 0.792. The van der Waals surface area contributed by atoms with Crippen molar-refractivity contribution in [3.05, 3.63) is 0 Å². The van der Waals surface area contributed by atoms with Gasteiger partial charge in [0.25, 0.3) is 0 Å². The number of alkyl halides is 1. The van der Waals surface area contributed by atoms with Gasteiger partial charge in [0, 0.05) is 5.88 Å². The van der Waals surface area contributed by atoms with Gasteiger partial charge in [-0.1, -0.05) is 6.92 Å². The number of rotatable bonds is 1. The average molecular weight is 183 g/mol. The summed E-state index contributed by atoms with van der Waals surface area (Å²) in [5.41, 5.74) is 0. The van der Waals surface area contributed by atoms with Crippen molar-refractivity contribution in [2.75, 3.05) is 5.88 Å². The summed E-state index contributed by atoms with van der Waals surface area (Å²) in [5, 5.41) is 13.9. The van der Waals surface area contributed by atoms with E-state index in [9.17, 15) is 0 Å². The van der Waals surface area contributed by atoms with Crippen LogP contribution in [0.5, 0.6) is 0 Å².